The number of imide groups is 1. The standard InChI is InChI=1S/C18H31BN3O10PS/c1-3-6-20-13(23)5-4-7-21-14(24)8-12(17(21)26)34-10-30-22-16(25)11(9-31-33(2,28)29)32-15(19)18(22)27/h11-12,15-16,18,25,27H,3-10H2,1-2H3,(H,20,23)(H,28,29). The maximum atomic E-state index is 12.6. The molecule has 34 heavy (non-hydrogen) atoms. The van der Waals surface area contributed by atoms with Gasteiger partial charge in [-0.1, -0.05) is 6.92 Å². The maximum absolute atomic E-state index is 12.6. The van der Waals surface area contributed by atoms with E-state index in [9.17, 15) is 34.1 Å². The Hall–Kier alpha value is -1.03. The lowest BCUT2D eigenvalue weighted by Crippen LogP contribution is -2.61. The summed E-state index contributed by atoms with van der Waals surface area (Å²) in [5.41, 5.74) is 0. The largest absolute Gasteiger partial charge is 0.374 e. The molecule has 6 unspecified atom stereocenters. The average Bonchev–Trinajstić information content (AvgIpc) is 3.03. The van der Waals surface area contributed by atoms with Gasteiger partial charge in [0.2, 0.25) is 17.7 Å². The molecule has 2 aliphatic heterocycles. The highest BCUT2D eigenvalue weighted by molar-refractivity contribution is 8.00. The zero-order valence-electron chi connectivity index (χ0n) is 19.1. The average molecular weight is 523 g/mol. The zero-order chi connectivity index (χ0) is 25.5. The van der Waals surface area contributed by atoms with E-state index in [2.05, 4.69) is 5.32 Å². The number of hydrogen-bond donors (Lipinski definition) is 4. The lowest BCUT2D eigenvalue weighted by atomic mass is 9.96. The molecule has 4 N–H and O–H groups in total. The Morgan fingerprint density at radius 2 is 2.06 bits per heavy atom. The number of hydrogen-bond acceptors (Lipinski definition) is 11. The van der Waals surface area contributed by atoms with E-state index in [1.807, 2.05) is 6.92 Å². The first-order chi connectivity index (χ1) is 15.9. The molecular weight excluding hydrogens is 492 g/mol. The third kappa shape index (κ3) is 8.57. The quantitative estimate of drug-likeness (QED) is 0.0974. The number of amides is 3. The van der Waals surface area contributed by atoms with Crippen LogP contribution in [0.5, 0.6) is 0 Å². The first kappa shape index (κ1) is 29.2. The van der Waals surface area contributed by atoms with Crippen LogP contribution in [0, 0.1) is 0 Å². The fourth-order valence-corrected chi connectivity index (χ4v) is 4.54. The molecule has 0 aliphatic carbocycles. The molecule has 16 heteroatoms. The number of nitrogens with zero attached hydrogens (tertiary/aromatic N) is 2. The van der Waals surface area contributed by atoms with Crippen LogP contribution in [0.3, 0.4) is 0 Å². The lowest BCUT2D eigenvalue weighted by molar-refractivity contribution is -0.360. The number of aliphatic hydroxyl groups excluding tert-OH is 2. The van der Waals surface area contributed by atoms with Crippen LogP contribution in [0.25, 0.3) is 0 Å². The third-order valence-corrected chi connectivity index (χ3v) is 6.63. The number of rotatable bonds is 13. The smallest absolute Gasteiger partial charge is 0.325 e. The Kier molecular flexibility index (Phi) is 11.5. The van der Waals surface area contributed by atoms with Gasteiger partial charge in [0.1, 0.15) is 26.1 Å². The predicted molar refractivity (Wildman–Crippen MR) is 121 cm³/mol. The lowest BCUT2D eigenvalue weighted by Gasteiger charge is -2.43. The van der Waals surface area contributed by atoms with Crippen LogP contribution in [-0.2, 0) is 33.0 Å². The van der Waals surface area contributed by atoms with Crippen LogP contribution in [0.4, 0.5) is 0 Å². The van der Waals surface area contributed by atoms with Crippen LogP contribution in [-0.4, -0.2) is 113 Å². The topological polar surface area (TPSA) is 175 Å². The summed E-state index contributed by atoms with van der Waals surface area (Å²) in [6.07, 6.45) is -3.00. The Morgan fingerprint density at radius 1 is 1.35 bits per heavy atom. The molecule has 2 heterocycles. The molecule has 2 aliphatic rings. The molecule has 2 rings (SSSR count). The summed E-state index contributed by atoms with van der Waals surface area (Å²) >= 11 is 0.993. The van der Waals surface area contributed by atoms with Gasteiger partial charge in [-0.15, -0.1) is 16.8 Å². The van der Waals surface area contributed by atoms with Crippen LogP contribution < -0.4 is 5.32 Å². The summed E-state index contributed by atoms with van der Waals surface area (Å²) in [5.74, 6) is -1.10. The van der Waals surface area contributed by atoms with Gasteiger partial charge in [-0.25, -0.2) is 0 Å². The molecule has 6 atom stereocenters. The van der Waals surface area contributed by atoms with Crippen molar-refractivity contribution >= 4 is 44.9 Å². The van der Waals surface area contributed by atoms with Crippen molar-refractivity contribution in [3.05, 3.63) is 0 Å². The van der Waals surface area contributed by atoms with Crippen LogP contribution in [0.1, 0.15) is 32.6 Å². The number of nitrogens with one attached hydrogen (secondary N) is 1. The summed E-state index contributed by atoms with van der Waals surface area (Å²) in [7, 11) is 1.83. The predicted octanol–water partition coefficient (Wildman–Crippen LogP) is -1.29. The molecule has 13 nitrogen and oxygen atoms in total. The van der Waals surface area contributed by atoms with Crippen molar-refractivity contribution < 1.29 is 48.2 Å². The second-order valence-electron chi connectivity index (χ2n) is 7.87. The minimum Gasteiger partial charge on any atom is -0.374 e. The molecular formula is C18H31BN3O10PS. The number of hydroxylamine groups is 2. The number of carbonyl (C=O) groups excluding carboxylic acids is 3. The highest BCUT2D eigenvalue weighted by Gasteiger charge is 2.43. The van der Waals surface area contributed by atoms with Gasteiger partial charge < -0.3 is 29.7 Å². The van der Waals surface area contributed by atoms with Crippen molar-refractivity contribution in [2.45, 2.75) is 62.4 Å². The summed E-state index contributed by atoms with van der Waals surface area (Å²) < 4.78 is 21.3. The van der Waals surface area contributed by atoms with E-state index < -0.39 is 49.9 Å². The van der Waals surface area contributed by atoms with Crippen molar-refractivity contribution in [2.75, 3.05) is 32.3 Å². The van der Waals surface area contributed by atoms with Crippen LogP contribution >= 0.6 is 19.4 Å². The van der Waals surface area contributed by atoms with Crippen molar-refractivity contribution in [1.29, 1.82) is 0 Å². The molecule has 0 bridgehead atoms. The summed E-state index contributed by atoms with van der Waals surface area (Å²) in [6, 6.07) is -1.31. The monoisotopic (exact) mass is 523 g/mol. The van der Waals surface area contributed by atoms with Crippen molar-refractivity contribution in [2.24, 2.45) is 0 Å². The Labute approximate surface area is 203 Å². The molecule has 0 aromatic heterocycles. The van der Waals surface area contributed by atoms with Gasteiger partial charge in [0, 0.05) is 32.6 Å². The molecule has 0 saturated carbocycles. The first-order valence-corrected chi connectivity index (χ1v) is 13.9. The number of thioether (sulfide) groups is 1. The normalized spacial score (nSPS) is 29.9. The molecule has 0 aromatic carbocycles. The number of aliphatic hydroxyl groups is 2. The third-order valence-electron chi connectivity index (χ3n) is 4.99. The molecule has 2 radical (unpaired) electrons. The van der Waals surface area contributed by atoms with Crippen LogP contribution in [0.2, 0.25) is 0 Å². The highest BCUT2D eigenvalue weighted by Crippen LogP contribution is 2.37. The van der Waals surface area contributed by atoms with E-state index in [-0.39, 0.29) is 37.1 Å². The van der Waals surface area contributed by atoms with E-state index in [1.54, 1.807) is 0 Å². The summed E-state index contributed by atoms with van der Waals surface area (Å²) in [5, 5.41) is 23.3. The minimum absolute atomic E-state index is 0.0403. The van der Waals surface area contributed by atoms with Crippen LogP contribution in [0.15, 0.2) is 0 Å². The second-order valence-corrected chi connectivity index (χ2v) is 10.9. The Balaban J connectivity index is 1.82. The van der Waals surface area contributed by atoms with Crippen molar-refractivity contribution in [3.63, 3.8) is 0 Å². The van der Waals surface area contributed by atoms with E-state index in [0.717, 1.165) is 34.8 Å². The SMILES string of the molecule is [B]C1OC(COP(C)(=O)O)C(O)N(OCSC2CC(=O)N(CCCC(=O)NCCC)C2=O)C1O. The molecule has 192 valence electrons. The molecule has 0 aromatic rings. The number of likely N-dealkylation sites (tertiary alicyclic amines) is 1. The number of carbonyl (C=O) groups is 3. The molecule has 2 saturated heterocycles. The molecule has 0 spiro atoms. The fraction of sp³-hybridized carbons (Fsp3) is 0.833. The summed E-state index contributed by atoms with van der Waals surface area (Å²) in [6.45, 7) is 3.13. The fourth-order valence-electron chi connectivity index (χ4n) is 3.24. The van der Waals surface area contributed by atoms with E-state index >= 15 is 0 Å². The summed E-state index contributed by atoms with van der Waals surface area (Å²) in [4.78, 5) is 52.2. The zero-order valence-corrected chi connectivity index (χ0v) is 20.8. The van der Waals surface area contributed by atoms with Gasteiger partial charge in [0.05, 0.1) is 17.9 Å². The van der Waals surface area contributed by atoms with Gasteiger partial charge in [0.15, 0.2) is 6.23 Å². The van der Waals surface area contributed by atoms with Crippen molar-refractivity contribution in [1.82, 2.24) is 15.3 Å². The van der Waals surface area contributed by atoms with E-state index in [4.69, 9.17) is 21.9 Å². The van der Waals surface area contributed by atoms with Gasteiger partial charge in [-0.05, 0) is 12.8 Å². The molecule has 3 amide bonds. The number of ether oxygens (including phenoxy) is 1. The second kappa shape index (κ2) is 13.3. The highest BCUT2D eigenvalue weighted by atomic mass is 32.2. The van der Waals surface area contributed by atoms with Gasteiger partial charge in [-0.3, -0.25) is 28.7 Å². The van der Waals surface area contributed by atoms with E-state index in [1.165, 1.54) is 0 Å². The Bertz CT molecular complexity index is 774. The maximum Gasteiger partial charge on any atom is 0.325 e. The number of morpholine rings is 1. The first-order valence-electron chi connectivity index (χ1n) is 10.8. The van der Waals surface area contributed by atoms with Gasteiger partial charge in [0.25, 0.3) is 0 Å². The van der Waals surface area contributed by atoms with E-state index in [0.29, 0.717) is 13.0 Å². The minimum atomic E-state index is -3.84. The van der Waals surface area contributed by atoms with Gasteiger partial charge in [-0.2, -0.15) is 0 Å². The van der Waals surface area contributed by atoms with Crippen molar-refractivity contribution in [3.8, 4) is 0 Å². The Morgan fingerprint density at radius 3 is 2.71 bits per heavy atom. The van der Waals surface area contributed by atoms with Gasteiger partial charge >= 0.3 is 7.60 Å². The molecule has 2 fully saturated rings.